The molecular formula is C25H23N3O3. The van der Waals surface area contributed by atoms with Crippen LogP contribution in [0.15, 0.2) is 72.9 Å². The average Bonchev–Trinajstić information content (AvgIpc) is 3.53. The van der Waals surface area contributed by atoms with Crippen molar-refractivity contribution in [3.8, 4) is 0 Å². The maximum absolute atomic E-state index is 13.4. The van der Waals surface area contributed by atoms with Gasteiger partial charge in [-0.2, -0.15) is 0 Å². The number of rotatable bonds is 5. The lowest BCUT2D eigenvalue weighted by Crippen LogP contribution is -2.41. The number of hydrogen-bond donors (Lipinski definition) is 2. The third kappa shape index (κ3) is 2.82. The first-order valence-corrected chi connectivity index (χ1v) is 10.7. The average molecular weight is 413 g/mol. The van der Waals surface area contributed by atoms with Crippen LogP contribution in [0.25, 0.3) is 10.9 Å². The fraction of sp³-hybridized carbons (Fsp3) is 0.280. The summed E-state index contributed by atoms with van der Waals surface area (Å²) in [4.78, 5) is 31.6. The molecule has 156 valence electrons. The van der Waals surface area contributed by atoms with Crippen LogP contribution in [0.4, 0.5) is 5.69 Å². The summed E-state index contributed by atoms with van der Waals surface area (Å²) in [6, 6.07) is 17.5. The maximum Gasteiger partial charge on any atom is 0.231 e. The molecule has 6 rings (SSSR count). The van der Waals surface area contributed by atoms with Crippen LogP contribution < -0.4 is 5.32 Å². The number of carbonyl (C=O) groups excluding carboxylic acids is 2. The van der Waals surface area contributed by atoms with Crippen LogP contribution in [0.5, 0.6) is 0 Å². The number of carbonyl (C=O) groups is 2. The fourth-order valence-corrected chi connectivity index (χ4v) is 5.41. The summed E-state index contributed by atoms with van der Waals surface area (Å²) in [5.74, 6) is -1.11. The first-order valence-electron chi connectivity index (χ1n) is 10.7. The van der Waals surface area contributed by atoms with Crippen LogP contribution in [0, 0.1) is 11.8 Å². The van der Waals surface area contributed by atoms with E-state index in [2.05, 4.69) is 22.4 Å². The van der Waals surface area contributed by atoms with Gasteiger partial charge >= 0.3 is 0 Å². The number of aromatic amines is 1. The van der Waals surface area contributed by atoms with E-state index in [1.807, 2.05) is 65.7 Å². The molecule has 3 aliphatic rings. The molecule has 4 heterocycles. The first kappa shape index (κ1) is 18.4. The SMILES string of the molecule is O=C(Nc1ccccc1)[C@@H]1[C@H]2C=C[C@@]3(CN(CCc4c[nH]c5ccccc45)C(=O)[C@@H]13)O2. The molecule has 2 N–H and O–H groups in total. The summed E-state index contributed by atoms with van der Waals surface area (Å²) in [5, 5.41) is 4.15. The van der Waals surface area contributed by atoms with Gasteiger partial charge in [0.15, 0.2) is 0 Å². The molecule has 0 radical (unpaired) electrons. The summed E-state index contributed by atoms with van der Waals surface area (Å²) in [7, 11) is 0. The molecule has 4 atom stereocenters. The zero-order chi connectivity index (χ0) is 21.0. The molecule has 3 aliphatic heterocycles. The highest BCUT2D eigenvalue weighted by molar-refractivity contribution is 5.99. The Morgan fingerprint density at radius 1 is 1.16 bits per heavy atom. The van der Waals surface area contributed by atoms with Crippen molar-refractivity contribution in [2.75, 3.05) is 18.4 Å². The van der Waals surface area contributed by atoms with Crippen LogP contribution in [0.3, 0.4) is 0 Å². The van der Waals surface area contributed by atoms with Gasteiger partial charge in [-0.05, 0) is 30.2 Å². The molecule has 2 amide bonds. The van der Waals surface area contributed by atoms with Gasteiger partial charge in [-0.3, -0.25) is 9.59 Å². The minimum Gasteiger partial charge on any atom is -0.361 e. The number of para-hydroxylation sites is 2. The molecule has 2 saturated heterocycles. The monoisotopic (exact) mass is 413 g/mol. The number of fused-ring (bicyclic) bond motifs is 2. The third-order valence-electron chi connectivity index (χ3n) is 6.85. The van der Waals surface area contributed by atoms with Crippen molar-refractivity contribution in [2.45, 2.75) is 18.1 Å². The highest BCUT2D eigenvalue weighted by atomic mass is 16.5. The minimum absolute atomic E-state index is 0.0138. The van der Waals surface area contributed by atoms with Crippen LogP contribution in [0.2, 0.25) is 0 Å². The lowest BCUT2D eigenvalue weighted by molar-refractivity contribution is -0.135. The number of H-pyrrole nitrogens is 1. The van der Waals surface area contributed by atoms with Crippen molar-refractivity contribution in [2.24, 2.45) is 11.8 Å². The number of amides is 2. The van der Waals surface area contributed by atoms with Gasteiger partial charge in [0.25, 0.3) is 0 Å². The number of ether oxygens (including phenoxy) is 1. The highest BCUT2D eigenvalue weighted by Gasteiger charge is 2.66. The number of benzene rings is 2. The molecule has 0 aliphatic carbocycles. The molecule has 3 aromatic rings. The zero-order valence-electron chi connectivity index (χ0n) is 17.0. The van der Waals surface area contributed by atoms with Gasteiger partial charge < -0.3 is 19.9 Å². The van der Waals surface area contributed by atoms with Gasteiger partial charge in [0, 0.05) is 29.3 Å². The lowest BCUT2D eigenvalue weighted by atomic mass is 9.77. The molecule has 2 fully saturated rings. The van der Waals surface area contributed by atoms with Crippen molar-refractivity contribution in [3.63, 3.8) is 0 Å². The molecule has 2 aromatic carbocycles. The van der Waals surface area contributed by atoms with Gasteiger partial charge in [0.2, 0.25) is 11.8 Å². The van der Waals surface area contributed by atoms with E-state index in [9.17, 15) is 9.59 Å². The summed E-state index contributed by atoms with van der Waals surface area (Å²) < 4.78 is 6.22. The Morgan fingerprint density at radius 2 is 1.97 bits per heavy atom. The Labute approximate surface area is 179 Å². The van der Waals surface area contributed by atoms with E-state index in [1.165, 1.54) is 10.9 Å². The van der Waals surface area contributed by atoms with Crippen molar-refractivity contribution in [1.82, 2.24) is 9.88 Å². The quantitative estimate of drug-likeness (QED) is 0.631. The molecule has 6 nitrogen and oxygen atoms in total. The minimum atomic E-state index is -0.680. The smallest absolute Gasteiger partial charge is 0.231 e. The summed E-state index contributed by atoms with van der Waals surface area (Å²) in [5.41, 5.74) is 2.34. The van der Waals surface area contributed by atoms with E-state index < -0.39 is 17.4 Å². The van der Waals surface area contributed by atoms with Gasteiger partial charge in [-0.15, -0.1) is 0 Å². The topological polar surface area (TPSA) is 74.4 Å². The predicted octanol–water partition coefficient (Wildman–Crippen LogP) is 3.13. The van der Waals surface area contributed by atoms with E-state index in [1.54, 1.807) is 0 Å². The number of nitrogens with one attached hydrogen (secondary N) is 2. The molecular weight excluding hydrogens is 390 g/mol. The maximum atomic E-state index is 13.4. The molecule has 1 spiro atoms. The normalized spacial score (nSPS) is 28.5. The predicted molar refractivity (Wildman–Crippen MR) is 117 cm³/mol. The van der Waals surface area contributed by atoms with E-state index in [0.717, 1.165) is 17.6 Å². The highest BCUT2D eigenvalue weighted by Crippen LogP contribution is 2.52. The van der Waals surface area contributed by atoms with E-state index in [-0.39, 0.29) is 17.9 Å². The van der Waals surface area contributed by atoms with Crippen molar-refractivity contribution in [1.29, 1.82) is 0 Å². The zero-order valence-corrected chi connectivity index (χ0v) is 17.0. The van der Waals surface area contributed by atoms with Crippen LogP contribution in [-0.2, 0) is 20.7 Å². The van der Waals surface area contributed by atoms with Crippen molar-refractivity contribution >= 4 is 28.4 Å². The Hall–Kier alpha value is -3.38. The summed E-state index contributed by atoms with van der Waals surface area (Å²) >= 11 is 0. The van der Waals surface area contributed by atoms with Gasteiger partial charge in [0.1, 0.15) is 5.60 Å². The molecule has 0 saturated carbocycles. The third-order valence-corrected chi connectivity index (χ3v) is 6.85. The number of aromatic nitrogens is 1. The second-order valence-electron chi connectivity index (χ2n) is 8.62. The summed E-state index contributed by atoms with van der Waals surface area (Å²) in [6.07, 6.45) is 6.38. The second-order valence-corrected chi connectivity index (χ2v) is 8.62. The fourth-order valence-electron chi connectivity index (χ4n) is 5.41. The van der Waals surface area contributed by atoms with E-state index in [0.29, 0.717) is 13.1 Å². The van der Waals surface area contributed by atoms with Gasteiger partial charge in [0.05, 0.1) is 24.5 Å². The van der Waals surface area contributed by atoms with Gasteiger partial charge in [-0.25, -0.2) is 0 Å². The molecule has 2 bridgehead atoms. The molecule has 0 unspecified atom stereocenters. The van der Waals surface area contributed by atoms with Crippen molar-refractivity contribution in [3.05, 3.63) is 78.5 Å². The summed E-state index contributed by atoms with van der Waals surface area (Å²) in [6.45, 7) is 1.11. The number of hydrogen-bond acceptors (Lipinski definition) is 3. The Balaban J connectivity index is 1.21. The van der Waals surface area contributed by atoms with E-state index in [4.69, 9.17) is 4.74 Å². The molecule has 1 aromatic heterocycles. The number of nitrogens with zero attached hydrogens (tertiary/aromatic N) is 1. The Bertz CT molecular complexity index is 1200. The molecule has 6 heteroatoms. The lowest BCUT2D eigenvalue weighted by Gasteiger charge is -2.23. The van der Waals surface area contributed by atoms with Crippen LogP contribution in [0.1, 0.15) is 5.56 Å². The molecule has 31 heavy (non-hydrogen) atoms. The van der Waals surface area contributed by atoms with E-state index >= 15 is 0 Å². The second kappa shape index (κ2) is 6.82. The van der Waals surface area contributed by atoms with Crippen LogP contribution >= 0.6 is 0 Å². The number of anilines is 1. The Kier molecular flexibility index (Phi) is 4.05. The largest absolute Gasteiger partial charge is 0.361 e. The van der Waals surface area contributed by atoms with Crippen LogP contribution in [-0.4, -0.2) is 46.5 Å². The first-order chi connectivity index (χ1) is 15.1. The van der Waals surface area contributed by atoms with Gasteiger partial charge in [-0.1, -0.05) is 48.6 Å². The standard InChI is InChI=1S/C25H23N3O3/c29-23(27-17-6-2-1-3-7-17)21-20-10-12-25(31-20)15-28(24(30)22(21)25)13-11-16-14-26-19-9-5-4-8-18(16)19/h1-10,12,14,20-22,26H,11,13,15H2,(H,27,29)/t20-,21-,22-,25+/m1/s1. The Morgan fingerprint density at radius 3 is 2.84 bits per heavy atom. The number of likely N-dealkylation sites (tertiary alicyclic amines) is 1. The van der Waals surface area contributed by atoms with Crippen molar-refractivity contribution < 1.29 is 14.3 Å².